The number of benzene rings is 1. The maximum atomic E-state index is 13.0. The molecular weight excluding hydrogens is 330 g/mol. The van der Waals surface area contributed by atoms with Gasteiger partial charge in [0.2, 0.25) is 5.71 Å². The zero-order valence-electron chi connectivity index (χ0n) is 15.1. The quantitative estimate of drug-likeness (QED) is 0.741. The van der Waals surface area contributed by atoms with Crippen LogP contribution in [0.5, 0.6) is 0 Å². The van der Waals surface area contributed by atoms with Crippen LogP contribution < -0.4 is 10.9 Å². The first-order valence-electron chi connectivity index (χ1n) is 8.75. The molecule has 2 heterocycles. The first kappa shape index (κ1) is 16.6. The van der Waals surface area contributed by atoms with Crippen molar-refractivity contribution in [3.63, 3.8) is 0 Å². The number of rotatable bonds is 2. The van der Waals surface area contributed by atoms with Crippen molar-refractivity contribution in [2.75, 3.05) is 0 Å². The van der Waals surface area contributed by atoms with Gasteiger partial charge >= 0.3 is 0 Å². The number of amides is 1. The summed E-state index contributed by atoms with van der Waals surface area (Å²) in [7, 11) is 0. The number of hydrogen-bond donors (Lipinski definition) is 2. The van der Waals surface area contributed by atoms with Crippen LogP contribution in [0.25, 0.3) is 11.1 Å². The smallest absolute Gasteiger partial charge is 0.262 e. The second-order valence-corrected chi connectivity index (χ2v) is 7.48. The highest BCUT2D eigenvalue weighted by atomic mass is 16.3. The van der Waals surface area contributed by atoms with Crippen molar-refractivity contribution in [1.29, 1.82) is 0 Å². The third-order valence-corrected chi connectivity index (χ3v) is 5.33. The third kappa shape index (κ3) is 2.53. The number of furan rings is 1. The van der Waals surface area contributed by atoms with Crippen LogP contribution in [0.1, 0.15) is 60.0 Å². The minimum Gasteiger partial charge on any atom is -0.442 e. The molecule has 0 fully saturated rings. The lowest BCUT2D eigenvalue weighted by atomic mass is 9.71. The standard InChI is InChI=1S/C20H21N3O3/c1-11-15(16-17(24)21-10-22-19(16)26-11)18(25)23-14-8-9-20(2,3)13-7-5-4-6-12(13)14/h4-7,10,14H,8-9H2,1-3H3,(H,23,25)(H,21,22,24). The van der Waals surface area contributed by atoms with Gasteiger partial charge < -0.3 is 14.7 Å². The highest BCUT2D eigenvalue weighted by molar-refractivity contribution is 6.06. The molecule has 2 aromatic heterocycles. The summed E-state index contributed by atoms with van der Waals surface area (Å²) in [5.41, 5.74) is 2.54. The van der Waals surface area contributed by atoms with E-state index in [1.807, 2.05) is 12.1 Å². The molecule has 1 unspecified atom stereocenters. The van der Waals surface area contributed by atoms with E-state index in [4.69, 9.17) is 4.42 Å². The minimum absolute atomic E-state index is 0.0805. The molecule has 0 bridgehead atoms. The fourth-order valence-corrected chi connectivity index (χ4v) is 3.92. The number of nitrogens with one attached hydrogen (secondary N) is 2. The van der Waals surface area contributed by atoms with E-state index in [9.17, 15) is 9.59 Å². The van der Waals surface area contributed by atoms with Crippen molar-refractivity contribution in [1.82, 2.24) is 15.3 Å². The van der Waals surface area contributed by atoms with Crippen LogP contribution in [0.2, 0.25) is 0 Å². The Labute approximate surface area is 150 Å². The van der Waals surface area contributed by atoms with Crippen molar-refractivity contribution < 1.29 is 9.21 Å². The SMILES string of the molecule is Cc1oc2nc[nH]c(=O)c2c1C(=O)NC1CCC(C)(C)c2ccccc21. The number of nitrogens with zero attached hydrogens (tertiary/aromatic N) is 1. The number of hydrogen-bond acceptors (Lipinski definition) is 4. The molecule has 1 aliphatic rings. The molecular formula is C20H21N3O3. The van der Waals surface area contributed by atoms with Crippen LogP contribution in [-0.4, -0.2) is 15.9 Å². The summed E-state index contributed by atoms with van der Waals surface area (Å²) in [6.45, 7) is 6.12. The molecule has 26 heavy (non-hydrogen) atoms. The molecule has 1 atom stereocenters. The van der Waals surface area contributed by atoms with Gasteiger partial charge in [0.15, 0.2) is 0 Å². The average Bonchev–Trinajstić information content (AvgIpc) is 2.95. The van der Waals surface area contributed by atoms with Crippen molar-refractivity contribution in [2.45, 2.75) is 45.1 Å². The topological polar surface area (TPSA) is 88.0 Å². The Balaban J connectivity index is 1.72. The van der Waals surface area contributed by atoms with Gasteiger partial charge in [0.1, 0.15) is 11.1 Å². The number of aryl methyl sites for hydroxylation is 1. The molecule has 0 aliphatic heterocycles. The lowest BCUT2D eigenvalue weighted by molar-refractivity contribution is 0.0929. The van der Waals surface area contributed by atoms with E-state index in [-0.39, 0.29) is 39.6 Å². The number of H-pyrrole nitrogens is 1. The van der Waals surface area contributed by atoms with Crippen LogP contribution in [0.4, 0.5) is 0 Å². The summed E-state index contributed by atoms with van der Waals surface area (Å²) in [6.07, 6.45) is 3.09. The van der Waals surface area contributed by atoms with Crippen LogP contribution >= 0.6 is 0 Å². The van der Waals surface area contributed by atoms with Gasteiger partial charge in [-0.15, -0.1) is 0 Å². The Morgan fingerprint density at radius 2 is 2.12 bits per heavy atom. The Hall–Kier alpha value is -2.89. The first-order chi connectivity index (χ1) is 12.4. The minimum atomic E-state index is -0.373. The summed E-state index contributed by atoms with van der Waals surface area (Å²) in [6, 6.07) is 8.12. The monoisotopic (exact) mass is 351 g/mol. The van der Waals surface area contributed by atoms with Crippen LogP contribution in [-0.2, 0) is 5.41 Å². The van der Waals surface area contributed by atoms with E-state index in [0.717, 1.165) is 18.4 Å². The van der Waals surface area contributed by atoms with Crippen LogP contribution in [0.3, 0.4) is 0 Å². The molecule has 1 amide bonds. The largest absolute Gasteiger partial charge is 0.442 e. The lowest BCUT2D eigenvalue weighted by Crippen LogP contribution is -2.36. The molecule has 3 aromatic rings. The van der Waals surface area contributed by atoms with Crippen molar-refractivity contribution >= 4 is 17.0 Å². The zero-order chi connectivity index (χ0) is 18.5. The van der Waals surface area contributed by atoms with E-state index in [0.29, 0.717) is 5.76 Å². The van der Waals surface area contributed by atoms with Crippen molar-refractivity contribution in [2.24, 2.45) is 0 Å². The second-order valence-electron chi connectivity index (χ2n) is 7.48. The maximum Gasteiger partial charge on any atom is 0.262 e. The molecule has 6 heteroatoms. The lowest BCUT2D eigenvalue weighted by Gasteiger charge is -2.37. The number of carbonyl (C=O) groups is 1. The summed E-state index contributed by atoms with van der Waals surface area (Å²) >= 11 is 0. The second kappa shape index (κ2) is 5.83. The third-order valence-electron chi connectivity index (χ3n) is 5.33. The van der Waals surface area contributed by atoms with E-state index >= 15 is 0 Å². The first-order valence-corrected chi connectivity index (χ1v) is 8.75. The maximum absolute atomic E-state index is 13.0. The van der Waals surface area contributed by atoms with Gasteiger partial charge in [-0.05, 0) is 36.3 Å². The van der Waals surface area contributed by atoms with E-state index in [1.165, 1.54) is 11.9 Å². The predicted molar refractivity (Wildman–Crippen MR) is 98.3 cm³/mol. The molecule has 4 rings (SSSR count). The predicted octanol–water partition coefficient (Wildman–Crippen LogP) is 3.37. The van der Waals surface area contributed by atoms with Gasteiger partial charge in [-0.1, -0.05) is 38.1 Å². The van der Waals surface area contributed by atoms with Gasteiger partial charge in [-0.2, -0.15) is 0 Å². The molecule has 0 spiro atoms. The average molecular weight is 351 g/mol. The number of aromatic nitrogens is 2. The summed E-state index contributed by atoms with van der Waals surface area (Å²) in [5, 5.41) is 3.30. The van der Waals surface area contributed by atoms with Gasteiger partial charge in [-0.25, -0.2) is 4.98 Å². The van der Waals surface area contributed by atoms with E-state index < -0.39 is 0 Å². The molecule has 134 valence electrons. The molecule has 1 aromatic carbocycles. The molecule has 2 N–H and O–H groups in total. The molecule has 0 saturated heterocycles. The number of carbonyl (C=O) groups excluding carboxylic acids is 1. The number of aromatic amines is 1. The normalized spacial score (nSPS) is 18.5. The van der Waals surface area contributed by atoms with Gasteiger partial charge in [0.25, 0.3) is 11.5 Å². The van der Waals surface area contributed by atoms with Crippen molar-refractivity contribution in [3.05, 3.63) is 63.4 Å². The van der Waals surface area contributed by atoms with Gasteiger partial charge in [0, 0.05) is 0 Å². The summed E-state index contributed by atoms with van der Waals surface area (Å²) in [4.78, 5) is 31.6. The van der Waals surface area contributed by atoms with Gasteiger partial charge in [-0.3, -0.25) is 9.59 Å². The molecule has 6 nitrogen and oxygen atoms in total. The van der Waals surface area contributed by atoms with E-state index in [2.05, 4.69) is 41.3 Å². The van der Waals surface area contributed by atoms with Crippen LogP contribution in [0.15, 0.2) is 39.8 Å². The Morgan fingerprint density at radius 3 is 2.92 bits per heavy atom. The molecule has 1 aliphatic carbocycles. The fourth-order valence-electron chi connectivity index (χ4n) is 3.92. The Morgan fingerprint density at radius 1 is 1.35 bits per heavy atom. The number of fused-ring (bicyclic) bond motifs is 2. The summed E-state index contributed by atoms with van der Waals surface area (Å²) in [5.74, 6) is 0.0883. The highest BCUT2D eigenvalue weighted by Crippen LogP contribution is 2.41. The summed E-state index contributed by atoms with van der Waals surface area (Å²) < 4.78 is 5.50. The van der Waals surface area contributed by atoms with Crippen LogP contribution in [0, 0.1) is 6.92 Å². The molecule has 0 radical (unpaired) electrons. The zero-order valence-corrected chi connectivity index (χ0v) is 15.1. The fraction of sp³-hybridized carbons (Fsp3) is 0.350. The highest BCUT2D eigenvalue weighted by Gasteiger charge is 2.34. The van der Waals surface area contributed by atoms with E-state index in [1.54, 1.807) is 6.92 Å². The molecule has 0 saturated carbocycles. The Bertz CT molecular complexity index is 1060. The van der Waals surface area contributed by atoms with Crippen molar-refractivity contribution in [3.8, 4) is 0 Å². The Kier molecular flexibility index (Phi) is 3.72. The van der Waals surface area contributed by atoms with Gasteiger partial charge in [0.05, 0.1) is 17.9 Å².